The molecule has 0 spiro atoms. The molecule has 0 saturated heterocycles. The molecule has 6 nitrogen and oxygen atoms in total. The highest BCUT2D eigenvalue weighted by Crippen LogP contribution is 2.32. The highest BCUT2D eigenvalue weighted by Gasteiger charge is 2.30. The molecule has 0 radical (unpaired) electrons. The second kappa shape index (κ2) is 8.32. The average molecular weight is 424 g/mol. The van der Waals surface area contributed by atoms with Crippen LogP contribution >= 0.6 is 11.8 Å². The van der Waals surface area contributed by atoms with Gasteiger partial charge < -0.3 is 9.72 Å². The Balaban J connectivity index is 1.85. The minimum Gasteiger partial charge on any atom is -0.462 e. The zero-order valence-corrected chi connectivity index (χ0v) is 16.8. The number of aromatic amines is 1. The van der Waals surface area contributed by atoms with Crippen molar-refractivity contribution in [2.45, 2.75) is 26.9 Å². The second-order valence-corrected chi connectivity index (χ2v) is 7.23. The molecule has 0 aliphatic carbocycles. The molecule has 10 heteroatoms. The molecule has 0 unspecified atom stereocenters. The monoisotopic (exact) mass is 424 g/mol. The molecule has 2 N–H and O–H groups in total. The summed E-state index contributed by atoms with van der Waals surface area (Å²) in [5.41, 5.74) is 5.37. The third-order valence-electron chi connectivity index (χ3n) is 4.18. The standard InChI is InChI=1S/C19H19F3N4O2S/c1-4-28-17(27)16-11(3)23-10(2)15(16)14-9-29-18(26-25-14)24-13-7-5-6-12(8-13)19(20,21)22/h5-8,23H,4,9H2,1-3H3,(H,24,26). The summed E-state index contributed by atoms with van der Waals surface area (Å²) < 4.78 is 43.7. The lowest BCUT2D eigenvalue weighted by atomic mass is 10.1. The number of hydrazone groups is 1. The maximum Gasteiger partial charge on any atom is 0.416 e. The van der Waals surface area contributed by atoms with E-state index in [1.807, 2.05) is 6.92 Å². The van der Waals surface area contributed by atoms with Gasteiger partial charge in [0.15, 0.2) is 5.17 Å². The molecule has 0 fully saturated rings. The van der Waals surface area contributed by atoms with Crippen LogP contribution in [0.4, 0.5) is 18.9 Å². The fraction of sp³-hybridized carbons (Fsp3) is 0.316. The molecule has 154 valence electrons. The first-order valence-electron chi connectivity index (χ1n) is 8.78. The molecule has 0 saturated carbocycles. The van der Waals surface area contributed by atoms with E-state index < -0.39 is 17.7 Å². The molecule has 29 heavy (non-hydrogen) atoms. The van der Waals surface area contributed by atoms with Crippen molar-refractivity contribution in [2.75, 3.05) is 12.4 Å². The lowest BCUT2D eigenvalue weighted by Gasteiger charge is -2.16. The van der Waals surface area contributed by atoms with E-state index in [1.54, 1.807) is 13.8 Å². The van der Waals surface area contributed by atoms with Gasteiger partial charge in [-0.15, -0.1) is 0 Å². The van der Waals surface area contributed by atoms with Crippen LogP contribution in [0.15, 0.2) is 34.4 Å². The number of thioether (sulfide) groups is 1. The number of nitrogens with zero attached hydrogens (tertiary/aromatic N) is 2. The van der Waals surface area contributed by atoms with Crippen molar-refractivity contribution in [3.05, 3.63) is 52.3 Å². The number of nitrogens with one attached hydrogen (secondary N) is 2. The van der Waals surface area contributed by atoms with Crippen LogP contribution in [0.25, 0.3) is 0 Å². The van der Waals surface area contributed by atoms with Gasteiger partial charge in [0.25, 0.3) is 0 Å². The van der Waals surface area contributed by atoms with Crippen LogP contribution in [-0.2, 0) is 10.9 Å². The Morgan fingerprint density at radius 1 is 1.31 bits per heavy atom. The van der Waals surface area contributed by atoms with E-state index in [0.29, 0.717) is 33.5 Å². The predicted octanol–water partition coefficient (Wildman–Crippen LogP) is 4.56. The first-order valence-corrected chi connectivity index (χ1v) is 9.77. The van der Waals surface area contributed by atoms with Crippen LogP contribution < -0.4 is 5.43 Å². The minimum atomic E-state index is -4.43. The van der Waals surface area contributed by atoms with Crippen molar-refractivity contribution in [1.29, 1.82) is 0 Å². The Morgan fingerprint density at radius 2 is 2.07 bits per heavy atom. The summed E-state index contributed by atoms with van der Waals surface area (Å²) in [5.74, 6) is -0.0320. The van der Waals surface area contributed by atoms with Crippen molar-refractivity contribution >= 4 is 34.3 Å². The first kappa shape index (κ1) is 21.0. The molecule has 0 amide bonds. The van der Waals surface area contributed by atoms with Gasteiger partial charge in [-0.05, 0) is 39.0 Å². The Bertz CT molecular complexity index is 996. The van der Waals surface area contributed by atoms with Gasteiger partial charge in [-0.2, -0.15) is 18.3 Å². The van der Waals surface area contributed by atoms with E-state index >= 15 is 0 Å². The number of esters is 1. The Kier molecular flexibility index (Phi) is 6.02. The van der Waals surface area contributed by atoms with Gasteiger partial charge >= 0.3 is 12.1 Å². The number of halogens is 3. The van der Waals surface area contributed by atoms with Crippen LogP contribution in [0.2, 0.25) is 0 Å². The van der Waals surface area contributed by atoms with Crippen molar-refractivity contribution < 1.29 is 22.7 Å². The number of ether oxygens (including phenoxy) is 1. The number of aromatic nitrogens is 1. The number of carbonyl (C=O) groups excluding carboxylic acids is 1. The number of alkyl halides is 3. The lowest BCUT2D eigenvalue weighted by molar-refractivity contribution is -0.137. The summed E-state index contributed by atoms with van der Waals surface area (Å²) in [4.78, 5) is 19.6. The normalized spacial score (nSPS) is 15.8. The van der Waals surface area contributed by atoms with Gasteiger partial charge in [-0.3, -0.25) is 5.43 Å². The second-order valence-electron chi connectivity index (χ2n) is 6.27. The molecular formula is C19H19F3N4O2S. The van der Waals surface area contributed by atoms with E-state index in [0.717, 1.165) is 17.8 Å². The predicted molar refractivity (Wildman–Crippen MR) is 107 cm³/mol. The fourth-order valence-corrected chi connectivity index (χ4v) is 3.73. The maximum absolute atomic E-state index is 12.9. The molecular weight excluding hydrogens is 405 g/mol. The van der Waals surface area contributed by atoms with Crippen LogP contribution in [0.1, 0.15) is 39.8 Å². The smallest absolute Gasteiger partial charge is 0.416 e. The number of H-pyrrole nitrogens is 1. The molecule has 0 atom stereocenters. The topological polar surface area (TPSA) is 78.8 Å². The van der Waals surface area contributed by atoms with Gasteiger partial charge in [0, 0.05) is 22.7 Å². The molecule has 0 bridgehead atoms. The van der Waals surface area contributed by atoms with E-state index in [-0.39, 0.29) is 12.3 Å². The highest BCUT2D eigenvalue weighted by atomic mass is 32.2. The third-order valence-corrected chi connectivity index (χ3v) is 5.05. The Labute approximate surface area is 169 Å². The van der Waals surface area contributed by atoms with E-state index in [2.05, 4.69) is 20.5 Å². The quantitative estimate of drug-likeness (QED) is 0.706. The summed E-state index contributed by atoms with van der Waals surface area (Å²) in [6.45, 7) is 5.62. The summed E-state index contributed by atoms with van der Waals surface area (Å²) >= 11 is 1.29. The van der Waals surface area contributed by atoms with E-state index in [1.165, 1.54) is 23.9 Å². The maximum atomic E-state index is 12.9. The van der Waals surface area contributed by atoms with Crippen molar-refractivity contribution in [2.24, 2.45) is 10.1 Å². The molecule has 1 aliphatic rings. The van der Waals surface area contributed by atoms with Crippen molar-refractivity contribution in [1.82, 2.24) is 10.4 Å². The fourth-order valence-electron chi connectivity index (χ4n) is 2.97. The number of hydrogen-bond acceptors (Lipinski definition) is 5. The molecule has 3 rings (SSSR count). The van der Waals surface area contributed by atoms with Crippen molar-refractivity contribution in [3.8, 4) is 0 Å². The Hall–Kier alpha value is -2.75. The number of rotatable bonds is 4. The minimum absolute atomic E-state index is 0.175. The zero-order chi connectivity index (χ0) is 21.2. The van der Waals surface area contributed by atoms with Gasteiger partial charge in [-0.25, -0.2) is 9.79 Å². The van der Waals surface area contributed by atoms with Gasteiger partial charge in [-0.1, -0.05) is 17.8 Å². The molecule has 1 aromatic carbocycles. The highest BCUT2D eigenvalue weighted by molar-refractivity contribution is 8.14. The summed E-state index contributed by atoms with van der Waals surface area (Å²) in [6.07, 6.45) is -4.43. The third kappa shape index (κ3) is 4.64. The van der Waals surface area contributed by atoms with Gasteiger partial charge in [0.05, 0.1) is 29.1 Å². The molecule has 2 heterocycles. The summed E-state index contributed by atoms with van der Waals surface area (Å²) in [6, 6.07) is 4.77. The number of amidine groups is 1. The van der Waals surface area contributed by atoms with E-state index in [4.69, 9.17) is 4.74 Å². The van der Waals surface area contributed by atoms with Crippen molar-refractivity contribution in [3.63, 3.8) is 0 Å². The van der Waals surface area contributed by atoms with Gasteiger partial charge in [0.1, 0.15) is 0 Å². The number of hydrogen-bond donors (Lipinski definition) is 2. The number of carbonyl (C=O) groups is 1. The first-order chi connectivity index (χ1) is 13.7. The molecule has 2 aromatic rings. The summed E-state index contributed by atoms with van der Waals surface area (Å²) in [7, 11) is 0. The number of aliphatic imine (C=N–C) groups is 1. The number of aryl methyl sites for hydroxylation is 2. The van der Waals surface area contributed by atoms with Gasteiger partial charge in [0.2, 0.25) is 0 Å². The SMILES string of the molecule is CCOC(=O)c1c(C)[nH]c(C)c1C1=NNC(=Nc2cccc(C(F)(F)F)c2)SC1. The summed E-state index contributed by atoms with van der Waals surface area (Å²) in [5, 5.41) is 4.66. The Morgan fingerprint density at radius 3 is 2.69 bits per heavy atom. The molecule has 1 aromatic heterocycles. The van der Waals surface area contributed by atoms with Crippen LogP contribution in [-0.4, -0.2) is 34.2 Å². The van der Waals surface area contributed by atoms with Crippen LogP contribution in [0.5, 0.6) is 0 Å². The zero-order valence-electron chi connectivity index (χ0n) is 16.0. The lowest BCUT2D eigenvalue weighted by Crippen LogP contribution is -2.26. The van der Waals surface area contributed by atoms with E-state index in [9.17, 15) is 18.0 Å². The largest absolute Gasteiger partial charge is 0.462 e. The van der Waals surface area contributed by atoms with Crippen LogP contribution in [0, 0.1) is 13.8 Å². The molecule has 1 aliphatic heterocycles. The average Bonchev–Trinajstić information content (AvgIpc) is 2.96. The van der Waals surface area contributed by atoms with Crippen LogP contribution in [0.3, 0.4) is 0 Å². The number of benzene rings is 1.